The number of nitrogens with one attached hydrogen (secondary N) is 1. The molecule has 17 heavy (non-hydrogen) atoms. The molecular formula is C13H18FNO2. The van der Waals surface area contributed by atoms with Crippen LogP contribution in [0, 0.1) is 5.82 Å². The zero-order chi connectivity index (χ0) is 12.3. The minimum absolute atomic E-state index is 0.00504. The molecule has 0 aromatic heterocycles. The molecule has 1 aromatic rings. The molecule has 3 nitrogen and oxygen atoms in total. The predicted molar refractivity (Wildman–Crippen MR) is 63.7 cm³/mol. The van der Waals surface area contributed by atoms with E-state index < -0.39 is 0 Å². The predicted octanol–water partition coefficient (Wildman–Crippen LogP) is 1.97. The number of methoxy groups -OCH3 is 1. The van der Waals surface area contributed by atoms with E-state index in [1.807, 2.05) is 0 Å². The van der Waals surface area contributed by atoms with Gasteiger partial charge in [-0.25, -0.2) is 4.39 Å². The molecule has 3 unspecified atom stereocenters. The van der Waals surface area contributed by atoms with Gasteiger partial charge in [-0.3, -0.25) is 0 Å². The third-order valence-corrected chi connectivity index (χ3v) is 3.10. The van der Waals surface area contributed by atoms with Gasteiger partial charge >= 0.3 is 0 Å². The number of hydrogen-bond acceptors (Lipinski definition) is 3. The number of hydrogen-bond donors (Lipinski definition) is 1. The van der Waals surface area contributed by atoms with Gasteiger partial charge in [0.2, 0.25) is 0 Å². The van der Waals surface area contributed by atoms with Crippen LogP contribution in [0.3, 0.4) is 0 Å². The zero-order valence-electron chi connectivity index (χ0n) is 10.2. The summed E-state index contributed by atoms with van der Waals surface area (Å²) >= 11 is 0. The van der Waals surface area contributed by atoms with Crippen molar-refractivity contribution in [3.05, 3.63) is 30.1 Å². The Labute approximate surface area is 101 Å². The van der Waals surface area contributed by atoms with Crippen molar-refractivity contribution in [1.29, 1.82) is 0 Å². The van der Waals surface area contributed by atoms with Gasteiger partial charge in [-0.05, 0) is 18.7 Å². The molecule has 0 amide bonds. The van der Waals surface area contributed by atoms with E-state index in [2.05, 4.69) is 12.2 Å². The fourth-order valence-corrected chi connectivity index (χ4v) is 2.18. The maximum atomic E-state index is 13.4. The highest BCUT2D eigenvalue weighted by Gasteiger charge is 2.43. The molecule has 94 valence electrons. The molecule has 1 aliphatic rings. The van der Waals surface area contributed by atoms with Crippen molar-refractivity contribution in [1.82, 2.24) is 5.32 Å². The second kappa shape index (κ2) is 5.47. The van der Waals surface area contributed by atoms with Crippen LogP contribution in [0.5, 0.6) is 5.75 Å². The number of benzene rings is 1. The Bertz CT molecular complexity index is 372. The third kappa shape index (κ3) is 2.58. The molecular weight excluding hydrogens is 221 g/mol. The molecule has 2 rings (SSSR count). The van der Waals surface area contributed by atoms with Gasteiger partial charge < -0.3 is 14.8 Å². The number of ether oxygens (including phenoxy) is 2. The van der Waals surface area contributed by atoms with Gasteiger partial charge in [0.05, 0.1) is 0 Å². The lowest BCUT2D eigenvalue weighted by molar-refractivity contribution is -0.0894. The van der Waals surface area contributed by atoms with E-state index in [-0.39, 0.29) is 18.0 Å². The van der Waals surface area contributed by atoms with Crippen LogP contribution in [0.1, 0.15) is 13.3 Å². The normalized spacial score (nSPS) is 27.6. The van der Waals surface area contributed by atoms with E-state index in [1.165, 1.54) is 6.07 Å². The summed E-state index contributed by atoms with van der Waals surface area (Å²) in [7, 11) is 1.66. The van der Waals surface area contributed by atoms with E-state index in [9.17, 15) is 4.39 Å². The molecule has 0 bridgehead atoms. The average molecular weight is 239 g/mol. The Morgan fingerprint density at radius 1 is 1.41 bits per heavy atom. The topological polar surface area (TPSA) is 30.5 Å². The van der Waals surface area contributed by atoms with Crippen molar-refractivity contribution >= 4 is 0 Å². The highest BCUT2D eigenvalue weighted by atomic mass is 19.1. The molecule has 1 saturated carbocycles. The Kier molecular flexibility index (Phi) is 3.97. The van der Waals surface area contributed by atoms with Crippen molar-refractivity contribution in [2.45, 2.75) is 31.6 Å². The first-order chi connectivity index (χ1) is 8.26. The lowest BCUT2D eigenvalue weighted by atomic mass is 9.85. The van der Waals surface area contributed by atoms with Crippen molar-refractivity contribution in [3.8, 4) is 5.75 Å². The molecule has 1 fully saturated rings. The summed E-state index contributed by atoms with van der Waals surface area (Å²) in [6.45, 7) is 2.95. The zero-order valence-corrected chi connectivity index (χ0v) is 10.2. The molecule has 0 spiro atoms. The molecule has 3 atom stereocenters. The lowest BCUT2D eigenvalue weighted by Crippen LogP contribution is -2.60. The standard InChI is InChI=1S/C13H18FNO2/c1-3-15-10-8-12(13(10)16-2)17-11-7-5-4-6-9(11)14/h4-7,10,12-13,15H,3,8H2,1-2H3. The SMILES string of the molecule is CCNC1CC(Oc2ccccc2F)C1OC. The Morgan fingerprint density at radius 3 is 2.82 bits per heavy atom. The van der Waals surface area contributed by atoms with Gasteiger partial charge in [0.25, 0.3) is 0 Å². The molecule has 0 heterocycles. The molecule has 0 saturated heterocycles. The molecule has 0 aliphatic heterocycles. The van der Waals surface area contributed by atoms with E-state index in [0.29, 0.717) is 11.8 Å². The second-order valence-electron chi connectivity index (χ2n) is 4.19. The quantitative estimate of drug-likeness (QED) is 0.852. The van der Waals surface area contributed by atoms with Crippen molar-refractivity contribution in [3.63, 3.8) is 0 Å². The molecule has 1 aromatic carbocycles. The summed E-state index contributed by atoms with van der Waals surface area (Å²) in [4.78, 5) is 0. The van der Waals surface area contributed by atoms with Crippen molar-refractivity contribution in [2.24, 2.45) is 0 Å². The number of halogens is 1. The fourth-order valence-electron chi connectivity index (χ4n) is 2.18. The van der Waals surface area contributed by atoms with Crippen molar-refractivity contribution < 1.29 is 13.9 Å². The highest BCUT2D eigenvalue weighted by molar-refractivity contribution is 5.24. The van der Waals surface area contributed by atoms with E-state index >= 15 is 0 Å². The van der Waals surface area contributed by atoms with Gasteiger partial charge in [0, 0.05) is 19.6 Å². The van der Waals surface area contributed by atoms with Crippen LogP contribution in [0.25, 0.3) is 0 Å². The Morgan fingerprint density at radius 2 is 2.18 bits per heavy atom. The van der Waals surface area contributed by atoms with Gasteiger partial charge in [-0.2, -0.15) is 0 Å². The molecule has 1 aliphatic carbocycles. The largest absolute Gasteiger partial charge is 0.485 e. The highest BCUT2D eigenvalue weighted by Crippen LogP contribution is 2.29. The van der Waals surface area contributed by atoms with Crippen LogP contribution in [0.4, 0.5) is 4.39 Å². The minimum Gasteiger partial charge on any atom is -0.485 e. The molecule has 1 N–H and O–H groups in total. The van der Waals surface area contributed by atoms with E-state index in [4.69, 9.17) is 9.47 Å². The first-order valence-corrected chi connectivity index (χ1v) is 5.93. The lowest BCUT2D eigenvalue weighted by Gasteiger charge is -2.43. The van der Waals surface area contributed by atoms with Crippen LogP contribution in [-0.2, 0) is 4.74 Å². The van der Waals surface area contributed by atoms with Gasteiger partial charge in [-0.1, -0.05) is 19.1 Å². The molecule has 0 radical (unpaired) electrons. The summed E-state index contributed by atoms with van der Waals surface area (Å²) in [5, 5.41) is 3.31. The second-order valence-corrected chi connectivity index (χ2v) is 4.19. The van der Waals surface area contributed by atoms with Crippen molar-refractivity contribution in [2.75, 3.05) is 13.7 Å². The third-order valence-electron chi connectivity index (χ3n) is 3.10. The van der Waals surface area contributed by atoms with E-state index in [0.717, 1.165) is 13.0 Å². The van der Waals surface area contributed by atoms with Crippen LogP contribution in [0.15, 0.2) is 24.3 Å². The number of rotatable bonds is 5. The minimum atomic E-state index is -0.325. The Balaban J connectivity index is 1.95. The molecule has 4 heteroatoms. The van der Waals surface area contributed by atoms with Gasteiger partial charge in [0.15, 0.2) is 11.6 Å². The maximum absolute atomic E-state index is 13.4. The van der Waals surface area contributed by atoms with Crippen LogP contribution >= 0.6 is 0 Å². The monoisotopic (exact) mass is 239 g/mol. The van der Waals surface area contributed by atoms with Gasteiger partial charge in [0.1, 0.15) is 12.2 Å². The van der Waals surface area contributed by atoms with Crippen LogP contribution in [0.2, 0.25) is 0 Å². The average Bonchev–Trinajstić information content (AvgIpc) is 2.30. The van der Waals surface area contributed by atoms with E-state index in [1.54, 1.807) is 25.3 Å². The van der Waals surface area contributed by atoms with Crippen LogP contribution in [-0.4, -0.2) is 31.9 Å². The maximum Gasteiger partial charge on any atom is 0.165 e. The first-order valence-electron chi connectivity index (χ1n) is 5.93. The Hall–Kier alpha value is -1.13. The summed E-state index contributed by atoms with van der Waals surface area (Å²) in [6, 6.07) is 6.76. The van der Waals surface area contributed by atoms with Crippen LogP contribution < -0.4 is 10.1 Å². The number of para-hydroxylation sites is 1. The summed E-state index contributed by atoms with van der Waals surface area (Å²) in [5.74, 6) is -0.0243. The fraction of sp³-hybridized carbons (Fsp3) is 0.538. The van der Waals surface area contributed by atoms with Gasteiger partial charge in [-0.15, -0.1) is 0 Å². The first kappa shape index (κ1) is 12.3. The summed E-state index contributed by atoms with van der Waals surface area (Å²) < 4.78 is 24.4. The number of likely N-dealkylation sites (N-methyl/N-ethyl adjacent to an activating group) is 1. The summed E-state index contributed by atoms with van der Waals surface area (Å²) in [5.41, 5.74) is 0. The summed E-state index contributed by atoms with van der Waals surface area (Å²) in [6.07, 6.45) is 0.774. The smallest absolute Gasteiger partial charge is 0.165 e.